The third kappa shape index (κ3) is 3.14. The summed E-state index contributed by atoms with van der Waals surface area (Å²) in [7, 11) is 0. The Labute approximate surface area is 116 Å². The van der Waals surface area contributed by atoms with Gasteiger partial charge in [-0.3, -0.25) is 0 Å². The fourth-order valence-electron chi connectivity index (χ4n) is 1.46. The Morgan fingerprint density at radius 2 is 2.12 bits per heavy atom. The van der Waals surface area contributed by atoms with E-state index < -0.39 is 0 Å². The first-order chi connectivity index (χ1) is 8.20. The molecule has 1 aromatic carbocycles. The van der Waals surface area contributed by atoms with Crippen molar-refractivity contribution in [1.82, 2.24) is 15.0 Å². The van der Waals surface area contributed by atoms with Crippen LogP contribution in [0.5, 0.6) is 0 Å². The van der Waals surface area contributed by atoms with Crippen LogP contribution in [0.2, 0.25) is 0 Å². The van der Waals surface area contributed by atoms with Crippen LogP contribution in [0, 0.1) is 0 Å². The van der Waals surface area contributed by atoms with Gasteiger partial charge in [0.1, 0.15) is 0 Å². The molecule has 0 unspecified atom stereocenters. The van der Waals surface area contributed by atoms with Crippen LogP contribution in [0.3, 0.4) is 0 Å². The van der Waals surface area contributed by atoms with Crippen LogP contribution in [-0.4, -0.2) is 26.7 Å². The topological polar surface area (TPSA) is 50.9 Å². The molecule has 1 heterocycles. The zero-order valence-corrected chi connectivity index (χ0v) is 12.1. The van der Waals surface area contributed by atoms with Crippen LogP contribution in [0.25, 0.3) is 5.69 Å². The van der Waals surface area contributed by atoms with E-state index in [1.165, 1.54) is 0 Å². The summed E-state index contributed by atoms with van der Waals surface area (Å²) in [5.41, 5.74) is 1.82. The Hall–Kier alpha value is -0.720. The van der Waals surface area contributed by atoms with Crippen molar-refractivity contribution < 1.29 is 5.11 Å². The fraction of sp³-hybridized carbons (Fsp3) is 0.273. The van der Waals surface area contributed by atoms with Gasteiger partial charge in [0, 0.05) is 15.6 Å². The Balaban J connectivity index is 2.24. The van der Waals surface area contributed by atoms with Crippen LogP contribution in [0.1, 0.15) is 12.1 Å². The Kier molecular flexibility index (Phi) is 4.31. The van der Waals surface area contributed by atoms with Crippen molar-refractivity contribution in [3.05, 3.63) is 39.0 Å². The highest BCUT2D eigenvalue weighted by Crippen LogP contribution is 2.24. The van der Waals surface area contributed by atoms with Gasteiger partial charge in [0.05, 0.1) is 17.6 Å². The Morgan fingerprint density at radius 3 is 2.82 bits per heavy atom. The highest BCUT2D eigenvalue weighted by atomic mass is 79.9. The van der Waals surface area contributed by atoms with Gasteiger partial charge in [0.15, 0.2) is 0 Å². The second kappa shape index (κ2) is 5.75. The lowest BCUT2D eigenvalue weighted by molar-refractivity contribution is 0.288. The van der Waals surface area contributed by atoms with E-state index in [1.807, 2.05) is 24.4 Å². The predicted molar refractivity (Wildman–Crippen MR) is 72.2 cm³/mol. The maximum Gasteiger partial charge on any atom is 0.0832 e. The average molecular weight is 361 g/mol. The van der Waals surface area contributed by atoms with Crippen molar-refractivity contribution in [2.75, 3.05) is 6.61 Å². The number of hydrogen-bond donors (Lipinski definition) is 1. The molecular weight excluding hydrogens is 350 g/mol. The first kappa shape index (κ1) is 12.7. The molecular formula is C11H11Br2N3O. The number of rotatable bonds is 4. The first-order valence-electron chi connectivity index (χ1n) is 5.18. The number of aliphatic hydroxyl groups excluding tert-OH is 1. The van der Waals surface area contributed by atoms with Gasteiger partial charge in [-0.2, -0.15) is 0 Å². The molecule has 0 aliphatic heterocycles. The lowest BCUT2D eigenvalue weighted by atomic mass is 10.2. The van der Waals surface area contributed by atoms with Crippen molar-refractivity contribution in [1.29, 1.82) is 0 Å². The molecule has 0 radical (unpaired) electrons. The molecule has 17 heavy (non-hydrogen) atoms. The van der Waals surface area contributed by atoms with Crippen molar-refractivity contribution >= 4 is 31.9 Å². The number of benzene rings is 1. The number of aliphatic hydroxyl groups is 1. The second-order valence-electron chi connectivity index (χ2n) is 3.58. The van der Waals surface area contributed by atoms with Gasteiger partial charge in [-0.1, -0.05) is 21.1 Å². The van der Waals surface area contributed by atoms with Crippen molar-refractivity contribution in [2.45, 2.75) is 12.8 Å². The molecule has 0 saturated carbocycles. The lowest BCUT2D eigenvalue weighted by Crippen LogP contribution is -1.95. The molecule has 0 fully saturated rings. The van der Waals surface area contributed by atoms with E-state index in [-0.39, 0.29) is 6.61 Å². The highest BCUT2D eigenvalue weighted by Gasteiger charge is 2.06. The van der Waals surface area contributed by atoms with Crippen molar-refractivity contribution in [3.63, 3.8) is 0 Å². The predicted octanol–water partition coefficient (Wildman–Crippen LogP) is 2.72. The monoisotopic (exact) mass is 359 g/mol. The third-order valence-corrected chi connectivity index (χ3v) is 3.42. The van der Waals surface area contributed by atoms with E-state index in [4.69, 9.17) is 5.11 Å². The summed E-state index contributed by atoms with van der Waals surface area (Å²) in [6.07, 6.45) is 3.33. The van der Waals surface area contributed by atoms with Gasteiger partial charge < -0.3 is 5.11 Å². The van der Waals surface area contributed by atoms with Crippen LogP contribution >= 0.6 is 31.9 Å². The third-order valence-electron chi connectivity index (χ3n) is 2.29. The van der Waals surface area contributed by atoms with Crippen LogP contribution in [-0.2, 0) is 6.42 Å². The minimum Gasteiger partial charge on any atom is -0.396 e. The van der Waals surface area contributed by atoms with Gasteiger partial charge >= 0.3 is 0 Å². The smallest absolute Gasteiger partial charge is 0.0832 e. The number of aryl methyl sites for hydroxylation is 1. The van der Waals surface area contributed by atoms with E-state index in [0.717, 1.165) is 26.7 Å². The summed E-state index contributed by atoms with van der Waals surface area (Å²) >= 11 is 6.89. The summed E-state index contributed by atoms with van der Waals surface area (Å²) < 4.78 is 3.68. The molecule has 0 spiro atoms. The quantitative estimate of drug-likeness (QED) is 0.911. The number of nitrogens with zero attached hydrogens (tertiary/aromatic N) is 3. The van der Waals surface area contributed by atoms with Crippen molar-refractivity contribution in [3.8, 4) is 5.69 Å². The summed E-state index contributed by atoms with van der Waals surface area (Å²) in [6.45, 7) is 0.175. The summed E-state index contributed by atoms with van der Waals surface area (Å²) in [5, 5.41) is 16.9. The first-order valence-corrected chi connectivity index (χ1v) is 6.77. The van der Waals surface area contributed by atoms with Gasteiger partial charge in [0.2, 0.25) is 0 Å². The molecule has 6 heteroatoms. The highest BCUT2D eigenvalue weighted by molar-refractivity contribution is 9.11. The minimum atomic E-state index is 0.175. The zero-order valence-electron chi connectivity index (χ0n) is 8.98. The van der Waals surface area contributed by atoms with E-state index in [1.54, 1.807) is 4.68 Å². The lowest BCUT2D eigenvalue weighted by Gasteiger charge is -2.03. The zero-order chi connectivity index (χ0) is 12.3. The van der Waals surface area contributed by atoms with E-state index in [0.29, 0.717) is 6.42 Å². The van der Waals surface area contributed by atoms with Gasteiger partial charge in [0.25, 0.3) is 0 Å². The molecule has 0 saturated heterocycles. The summed E-state index contributed by atoms with van der Waals surface area (Å²) in [5.74, 6) is 0. The molecule has 0 aliphatic rings. The molecule has 0 atom stereocenters. The molecule has 90 valence electrons. The minimum absolute atomic E-state index is 0.175. The van der Waals surface area contributed by atoms with Crippen molar-refractivity contribution in [2.24, 2.45) is 0 Å². The van der Waals surface area contributed by atoms with Gasteiger partial charge in [-0.25, -0.2) is 4.68 Å². The molecule has 0 amide bonds. The van der Waals surface area contributed by atoms with Crippen LogP contribution in [0.4, 0.5) is 0 Å². The molecule has 1 N–H and O–H groups in total. The molecule has 2 rings (SSSR count). The molecule has 0 bridgehead atoms. The van der Waals surface area contributed by atoms with E-state index in [9.17, 15) is 0 Å². The van der Waals surface area contributed by atoms with E-state index >= 15 is 0 Å². The van der Waals surface area contributed by atoms with Gasteiger partial charge in [-0.15, -0.1) is 5.10 Å². The molecule has 4 nitrogen and oxygen atoms in total. The average Bonchev–Trinajstić information content (AvgIpc) is 2.75. The van der Waals surface area contributed by atoms with Crippen LogP contribution < -0.4 is 0 Å². The summed E-state index contributed by atoms with van der Waals surface area (Å²) in [6, 6.07) is 5.87. The molecule has 0 aliphatic carbocycles. The van der Waals surface area contributed by atoms with Crippen LogP contribution in [0.15, 0.2) is 33.3 Å². The normalized spacial score (nSPS) is 10.8. The fourth-order valence-corrected chi connectivity index (χ4v) is 2.69. The standard InChI is InChI=1S/C11H11Br2N3O/c12-8-3-4-11(10(13)6-8)16-7-9(14-15-16)2-1-5-17/h3-4,6-7,17H,1-2,5H2. The Morgan fingerprint density at radius 1 is 1.29 bits per heavy atom. The largest absolute Gasteiger partial charge is 0.396 e. The molecule has 2 aromatic rings. The van der Waals surface area contributed by atoms with Gasteiger partial charge in [-0.05, 0) is 47.0 Å². The molecule has 1 aromatic heterocycles. The second-order valence-corrected chi connectivity index (χ2v) is 5.35. The number of hydrogen-bond acceptors (Lipinski definition) is 3. The SMILES string of the molecule is OCCCc1cn(-c2ccc(Br)cc2Br)nn1. The number of halogens is 2. The maximum absolute atomic E-state index is 8.76. The maximum atomic E-state index is 8.76. The summed E-state index contributed by atoms with van der Waals surface area (Å²) in [4.78, 5) is 0. The number of aromatic nitrogens is 3. The van der Waals surface area contributed by atoms with E-state index in [2.05, 4.69) is 42.2 Å². The Bertz CT molecular complexity index is 513.